The Kier molecular flexibility index (Phi) is 6.06. The van der Waals surface area contributed by atoms with Crippen LogP contribution < -0.4 is 11.1 Å². The van der Waals surface area contributed by atoms with Gasteiger partial charge in [-0.25, -0.2) is 22.2 Å². The minimum atomic E-state index is -3.84. The SMILES string of the molecule is CC(C)(O)c1cc(F)c(-c2cc(C(N)=O)c(Nc3ccc(S(C)(=O)=O)c(F)n3)s2)c(F)c1. The van der Waals surface area contributed by atoms with E-state index in [9.17, 15) is 31.5 Å². The summed E-state index contributed by atoms with van der Waals surface area (Å²) in [4.78, 5) is 14.8. The van der Waals surface area contributed by atoms with Crippen LogP contribution in [0.1, 0.15) is 29.8 Å². The molecule has 2 aromatic heterocycles. The highest BCUT2D eigenvalue weighted by Crippen LogP contribution is 2.40. The third-order valence-electron chi connectivity index (χ3n) is 4.45. The van der Waals surface area contributed by atoms with Gasteiger partial charge >= 0.3 is 0 Å². The summed E-state index contributed by atoms with van der Waals surface area (Å²) in [6.07, 6.45) is 0.823. The molecule has 3 rings (SSSR count). The van der Waals surface area contributed by atoms with Crippen LogP contribution in [0.2, 0.25) is 0 Å². The number of anilines is 2. The number of rotatable bonds is 6. The fraction of sp³-hybridized carbons (Fsp3) is 0.200. The predicted molar refractivity (Wildman–Crippen MR) is 114 cm³/mol. The van der Waals surface area contributed by atoms with E-state index in [4.69, 9.17) is 5.73 Å². The van der Waals surface area contributed by atoms with Crippen molar-refractivity contribution in [2.24, 2.45) is 5.73 Å². The number of hydrogen-bond acceptors (Lipinski definition) is 7. The van der Waals surface area contributed by atoms with Crippen LogP contribution in [-0.2, 0) is 15.4 Å². The Bertz CT molecular complexity index is 1310. The van der Waals surface area contributed by atoms with Crippen LogP contribution in [0.3, 0.4) is 0 Å². The number of hydrogen-bond donors (Lipinski definition) is 3. The first kappa shape index (κ1) is 23.7. The molecule has 0 bridgehead atoms. The molecule has 170 valence electrons. The zero-order chi connectivity index (χ0) is 24.0. The van der Waals surface area contributed by atoms with Gasteiger partial charge in [-0.2, -0.15) is 4.39 Å². The molecule has 4 N–H and O–H groups in total. The predicted octanol–water partition coefficient (Wildman–Crippen LogP) is 3.70. The van der Waals surface area contributed by atoms with Gasteiger partial charge in [0.1, 0.15) is 27.3 Å². The van der Waals surface area contributed by atoms with Gasteiger partial charge in [-0.1, -0.05) is 0 Å². The van der Waals surface area contributed by atoms with Gasteiger partial charge in [0.05, 0.1) is 16.7 Å². The van der Waals surface area contributed by atoms with E-state index in [1.165, 1.54) is 26.0 Å². The largest absolute Gasteiger partial charge is 0.386 e. The molecule has 32 heavy (non-hydrogen) atoms. The number of aromatic nitrogens is 1. The van der Waals surface area contributed by atoms with Crippen LogP contribution in [-0.4, -0.2) is 30.7 Å². The van der Waals surface area contributed by atoms with Gasteiger partial charge in [0.25, 0.3) is 5.91 Å². The number of primary amides is 1. The summed E-state index contributed by atoms with van der Waals surface area (Å²) >= 11 is 0.758. The third kappa shape index (κ3) is 4.76. The zero-order valence-corrected chi connectivity index (χ0v) is 18.7. The summed E-state index contributed by atoms with van der Waals surface area (Å²) in [6, 6.07) is 5.30. The van der Waals surface area contributed by atoms with Gasteiger partial charge in [-0.05, 0) is 49.7 Å². The van der Waals surface area contributed by atoms with Crippen LogP contribution in [0.15, 0.2) is 35.2 Å². The first-order chi connectivity index (χ1) is 14.7. The Morgan fingerprint density at radius 3 is 2.22 bits per heavy atom. The maximum atomic E-state index is 14.7. The first-order valence-electron chi connectivity index (χ1n) is 8.98. The second-order valence-electron chi connectivity index (χ2n) is 7.47. The normalized spacial score (nSPS) is 12.1. The lowest BCUT2D eigenvalue weighted by atomic mass is 9.96. The second kappa shape index (κ2) is 8.19. The van der Waals surface area contributed by atoms with Gasteiger partial charge < -0.3 is 16.2 Å². The number of aliphatic hydroxyl groups is 1. The molecule has 0 spiro atoms. The smallest absolute Gasteiger partial charge is 0.251 e. The summed E-state index contributed by atoms with van der Waals surface area (Å²) in [5.74, 6) is -4.25. The third-order valence-corrected chi connectivity index (χ3v) is 6.62. The van der Waals surface area contributed by atoms with Crippen molar-refractivity contribution in [2.75, 3.05) is 11.6 Å². The molecule has 0 fully saturated rings. The molecule has 3 aromatic rings. The van der Waals surface area contributed by atoms with Crippen molar-refractivity contribution in [3.05, 3.63) is 59.0 Å². The number of halogens is 3. The Balaban J connectivity index is 2.06. The highest BCUT2D eigenvalue weighted by molar-refractivity contribution is 7.90. The maximum absolute atomic E-state index is 14.7. The summed E-state index contributed by atoms with van der Waals surface area (Å²) in [5.41, 5.74) is 3.33. The lowest BCUT2D eigenvalue weighted by Gasteiger charge is -2.18. The van der Waals surface area contributed by atoms with Crippen LogP contribution in [0.25, 0.3) is 10.4 Å². The minimum Gasteiger partial charge on any atom is -0.386 e. The summed E-state index contributed by atoms with van der Waals surface area (Å²) < 4.78 is 66.6. The number of pyridine rings is 1. The van der Waals surface area contributed by atoms with Gasteiger partial charge in [-0.3, -0.25) is 4.79 Å². The lowest BCUT2D eigenvalue weighted by Crippen LogP contribution is -2.16. The van der Waals surface area contributed by atoms with E-state index in [0.29, 0.717) is 0 Å². The highest BCUT2D eigenvalue weighted by atomic mass is 32.2. The fourth-order valence-electron chi connectivity index (χ4n) is 2.84. The number of nitrogens with two attached hydrogens (primary N) is 1. The van der Waals surface area contributed by atoms with Crippen LogP contribution in [0.5, 0.6) is 0 Å². The van der Waals surface area contributed by atoms with Crippen molar-refractivity contribution in [2.45, 2.75) is 24.3 Å². The number of benzene rings is 1. The molecule has 0 atom stereocenters. The number of nitrogens with zero attached hydrogens (tertiary/aromatic N) is 1. The second-order valence-corrected chi connectivity index (χ2v) is 10.5. The number of carbonyl (C=O) groups is 1. The summed E-state index contributed by atoms with van der Waals surface area (Å²) in [6.45, 7) is 2.75. The molecule has 2 heterocycles. The average Bonchev–Trinajstić information content (AvgIpc) is 3.02. The molecule has 0 aliphatic carbocycles. The molecular formula is C20H18F3N3O4S2. The van der Waals surface area contributed by atoms with E-state index in [1.807, 2.05) is 0 Å². The molecule has 0 aliphatic heterocycles. The Hall–Kier alpha value is -2.96. The highest BCUT2D eigenvalue weighted by Gasteiger charge is 2.25. The number of nitrogens with one attached hydrogen (secondary N) is 1. The van der Waals surface area contributed by atoms with E-state index < -0.39 is 49.4 Å². The molecule has 0 saturated carbocycles. The van der Waals surface area contributed by atoms with Crippen LogP contribution in [0, 0.1) is 17.6 Å². The van der Waals surface area contributed by atoms with Crippen LogP contribution >= 0.6 is 11.3 Å². The molecule has 1 aromatic carbocycles. The Morgan fingerprint density at radius 1 is 1.16 bits per heavy atom. The van der Waals surface area contributed by atoms with E-state index in [2.05, 4.69) is 10.3 Å². The average molecular weight is 486 g/mol. The quantitative estimate of drug-likeness (QED) is 0.458. The number of amides is 1. The van der Waals surface area contributed by atoms with E-state index >= 15 is 0 Å². The molecule has 0 saturated heterocycles. The standard InChI is InChI=1S/C20H18F3N3O4S2/c1-20(2,28)9-6-11(21)16(12(22)7-9)13-8-10(18(24)27)19(31-13)26-15-5-4-14(17(23)25-15)32(3,29)30/h4-8,28H,1-3H3,(H2,24,27)(H,25,26). The zero-order valence-electron chi connectivity index (χ0n) is 17.0. The molecule has 0 radical (unpaired) electrons. The van der Waals surface area contributed by atoms with Crippen molar-refractivity contribution in [1.82, 2.24) is 4.98 Å². The molecule has 1 amide bonds. The van der Waals surface area contributed by atoms with Crippen molar-refractivity contribution in [3.8, 4) is 10.4 Å². The monoisotopic (exact) mass is 485 g/mol. The topological polar surface area (TPSA) is 122 Å². The maximum Gasteiger partial charge on any atom is 0.251 e. The molecule has 0 unspecified atom stereocenters. The van der Waals surface area contributed by atoms with Crippen molar-refractivity contribution < 1.29 is 31.5 Å². The molecule has 0 aliphatic rings. The van der Waals surface area contributed by atoms with Gasteiger partial charge in [0, 0.05) is 11.1 Å². The lowest BCUT2D eigenvalue weighted by molar-refractivity contribution is 0.0778. The van der Waals surface area contributed by atoms with Crippen LogP contribution in [0.4, 0.5) is 24.0 Å². The van der Waals surface area contributed by atoms with Gasteiger partial charge in [0.2, 0.25) is 5.95 Å². The van der Waals surface area contributed by atoms with Crippen molar-refractivity contribution in [1.29, 1.82) is 0 Å². The van der Waals surface area contributed by atoms with E-state index in [-0.39, 0.29) is 26.8 Å². The van der Waals surface area contributed by atoms with Gasteiger partial charge in [-0.15, -0.1) is 11.3 Å². The summed E-state index contributed by atoms with van der Waals surface area (Å²) in [7, 11) is -3.84. The first-order valence-corrected chi connectivity index (χ1v) is 11.7. The van der Waals surface area contributed by atoms with Crippen molar-refractivity contribution in [3.63, 3.8) is 0 Å². The van der Waals surface area contributed by atoms with E-state index in [1.54, 1.807) is 0 Å². The Labute approximate surface area is 185 Å². The Morgan fingerprint density at radius 2 is 1.75 bits per heavy atom. The van der Waals surface area contributed by atoms with Gasteiger partial charge in [0.15, 0.2) is 9.84 Å². The molecule has 12 heteroatoms. The molecular weight excluding hydrogens is 467 g/mol. The number of thiophene rings is 1. The fourth-order valence-corrected chi connectivity index (χ4v) is 4.62. The minimum absolute atomic E-state index is 0.00632. The van der Waals surface area contributed by atoms with E-state index in [0.717, 1.165) is 35.8 Å². The number of sulfone groups is 1. The number of carbonyl (C=O) groups excluding carboxylic acids is 1. The van der Waals surface area contributed by atoms with Crippen molar-refractivity contribution >= 4 is 37.9 Å². The summed E-state index contributed by atoms with van der Waals surface area (Å²) in [5, 5.41) is 12.6. The molecule has 7 nitrogen and oxygen atoms in total.